The molecule has 0 aliphatic carbocycles. The molecule has 1 aliphatic rings. The Hall–Kier alpha value is -4.27. The quantitative estimate of drug-likeness (QED) is 0.172. The highest BCUT2D eigenvalue weighted by molar-refractivity contribution is 5.53. The first-order valence-corrected chi connectivity index (χ1v) is 15.3. The van der Waals surface area contributed by atoms with Crippen LogP contribution in [0.3, 0.4) is 0 Å². The summed E-state index contributed by atoms with van der Waals surface area (Å²) < 4.78 is 17.4. The van der Waals surface area contributed by atoms with E-state index in [1.165, 1.54) is 16.8 Å². The van der Waals surface area contributed by atoms with E-state index < -0.39 is 0 Å². The van der Waals surface area contributed by atoms with Crippen LogP contribution in [-0.2, 0) is 24.4 Å². The Labute approximate surface area is 262 Å². The summed E-state index contributed by atoms with van der Waals surface area (Å²) in [6.45, 7) is 7.15. The van der Waals surface area contributed by atoms with Gasteiger partial charge < -0.3 is 33.8 Å². The highest BCUT2D eigenvalue weighted by Gasteiger charge is 2.16. The van der Waals surface area contributed by atoms with Crippen LogP contribution >= 0.6 is 0 Å². The summed E-state index contributed by atoms with van der Waals surface area (Å²) in [6.07, 6.45) is 1.87. The van der Waals surface area contributed by atoms with Crippen LogP contribution in [0.15, 0.2) is 91.1 Å². The second kappa shape index (κ2) is 15.5. The molecule has 0 N–H and O–H groups in total. The van der Waals surface area contributed by atoms with Crippen LogP contribution in [0.2, 0.25) is 0 Å². The molecule has 44 heavy (non-hydrogen) atoms. The maximum atomic E-state index is 5.97. The van der Waals surface area contributed by atoms with Crippen molar-refractivity contribution in [3.8, 4) is 11.5 Å². The van der Waals surface area contributed by atoms with Gasteiger partial charge in [0.1, 0.15) is 18.1 Å². The Kier molecular flexibility index (Phi) is 10.9. The van der Waals surface area contributed by atoms with Crippen molar-refractivity contribution in [1.29, 1.82) is 0 Å². The van der Waals surface area contributed by atoms with E-state index >= 15 is 0 Å². The van der Waals surface area contributed by atoms with Crippen molar-refractivity contribution >= 4 is 17.1 Å². The first kappa shape index (κ1) is 31.2. The summed E-state index contributed by atoms with van der Waals surface area (Å²) in [5, 5.41) is 0. The molecule has 2 heterocycles. The summed E-state index contributed by atoms with van der Waals surface area (Å²) in [4.78, 5) is 13.9. The van der Waals surface area contributed by atoms with E-state index in [1.807, 2.05) is 50.6 Å². The van der Waals surface area contributed by atoms with E-state index in [0.29, 0.717) is 19.8 Å². The number of anilines is 3. The van der Waals surface area contributed by atoms with Crippen LogP contribution in [0.1, 0.15) is 16.8 Å². The number of pyridine rings is 1. The smallest absolute Gasteiger partial charge is 0.121 e. The predicted octanol–water partition coefficient (Wildman–Crippen LogP) is 5.71. The summed E-state index contributed by atoms with van der Waals surface area (Å²) in [5.74, 6) is 1.70. The lowest BCUT2D eigenvalue weighted by Gasteiger charge is -2.34. The van der Waals surface area contributed by atoms with Gasteiger partial charge in [-0.2, -0.15) is 0 Å². The minimum absolute atomic E-state index is 0.417. The molecule has 0 unspecified atom stereocenters. The molecule has 1 aliphatic heterocycles. The molecular formula is C36H45N5O3. The average molecular weight is 596 g/mol. The Morgan fingerprint density at radius 3 is 2.25 bits per heavy atom. The van der Waals surface area contributed by atoms with E-state index in [4.69, 9.17) is 14.2 Å². The summed E-state index contributed by atoms with van der Waals surface area (Å²) >= 11 is 0. The number of aromatic nitrogens is 1. The van der Waals surface area contributed by atoms with Crippen LogP contribution in [0.4, 0.5) is 17.1 Å². The second-order valence-electron chi connectivity index (χ2n) is 11.5. The van der Waals surface area contributed by atoms with Gasteiger partial charge in [0.15, 0.2) is 0 Å². The van der Waals surface area contributed by atoms with E-state index in [9.17, 15) is 0 Å². The molecule has 0 atom stereocenters. The number of methoxy groups -OCH3 is 1. The Balaban J connectivity index is 1.25. The molecule has 8 heteroatoms. The van der Waals surface area contributed by atoms with Crippen LogP contribution in [0.5, 0.6) is 11.5 Å². The standard InChI is InChI=1S/C36H45N5O3/c1-38(2)32-10-7-13-36(25-32)44-21-20-43-28-31-24-34(14-15-37-31)41(27-30-9-6-12-35(23-30)42-4)26-29-8-5-11-33(22-29)40-18-16-39(3)17-19-40/h5-15,22-25H,16-21,26-28H2,1-4H3. The van der Waals surface area contributed by atoms with Gasteiger partial charge in [-0.1, -0.05) is 30.3 Å². The van der Waals surface area contributed by atoms with Gasteiger partial charge in [-0.05, 0) is 66.7 Å². The van der Waals surface area contributed by atoms with Crippen molar-refractivity contribution in [2.75, 3.05) is 82.3 Å². The van der Waals surface area contributed by atoms with Crippen molar-refractivity contribution in [3.05, 3.63) is 108 Å². The lowest BCUT2D eigenvalue weighted by atomic mass is 10.1. The Morgan fingerprint density at radius 2 is 1.48 bits per heavy atom. The molecule has 232 valence electrons. The van der Waals surface area contributed by atoms with Gasteiger partial charge >= 0.3 is 0 Å². The number of ether oxygens (including phenoxy) is 3. The van der Waals surface area contributed by atoms with Gasteiger partial charge in [-0.25, -0.2) is 0 Å². The molecule has 5 rings (SSSR count). The third-order valence-corrected chi connectivity index (χ3v) is 7.91. The predicted molar refractivity (Wildman–Crippen MR) is 179 cm³/mol. The molecule has 0 radical (unpaired) electrons. The molecule has 4 aromatic rings. The minimum atomic E-state index is 0.417. The SMILES string of the molecule is COc1cccc(CN(Cc2cccc(N3CCN(C)CC3)c2)c2ccnc(COCCOc3cccc(N(C)C)c3)c2)c1. The number of nitrogens with zero attached hydrogens (tertiary/aromatic N) is 5. The molecule has 0 amide bonds. The molecule has 0 bridgehead atoms. The van der Waals surface area contributed by atoms with Crippen LogP contribution in [-0.4, -0.2) is 77.5 Å². The fourth-order valence-corrected chi connectivity index (χ4v) is 5.35. The lowest BCUT2D eigenvalue weighted by Crippen LogP contribution is -2.44. The Morgan fingerprint density at radius 1 is 0.750 bits per heavy atom. The largest absolute Gasteiger partial charge is 0.497 e. The van der Waals surface area contributed by atoms with E-state index in [2.05, 4.69) is 86.2 Å². The van der Waals surface area contributed by atoms with Gasteiger partial charge in [0, 0.05) is 82.7 Å². The minimum Gasteiger partial charge on any atom is -0.497 e. The molecule has 0 saturated carbocycles. The zero-order valence-electron chi connectivity index (χ0n) is 26.5. The third-order valence-electron chi connectivity index (χ3n) is 7.91. The lowest BCUT2D eigenvalue weighted by molar-refractivity contribution is 0.0870. The Bertz CT molecular complexity index is 1470. The normalized spacial score (nSPS) is 13.5. The molecule has 1 aromatic heterocycles. The molecule has 8 nitrogen and oxygen atoms in total. The summed E-state index contributed by atoms with van der Waals surface area (Å²) in [5.41, 5.74) is 6.84. The number of likely N-dealkylation sites (N-methyl/N-ethyl adjacent to an activating group) is 1. The monoisotopic (exact) mass is 595 g/mol. The van der Waals surface area contributed by atoms with Crippen molar-refractivity contribution < 1.29 is 14.2 Å². The zero-order chi connectivity index (χ0) is 30.7. The van der Waals surface area contributed by atoms with Gasteiger partial charge in [0.05, 0.1) is 26.0 Å². The number of hydrogen-bond donors (Lipinski definition) is 0. The fourth-order valence-electron chi connectivity index (χ4n) is 5.35. The molecule has 3 aromatic carbocycles. The molecule has 1 fully saturated rings. The van der Waals surface area contributed by atoms with E-state index in [0.717, 1.165) is 67.8 Å². The van der Waals surface area contributed by atoms with Gasteiger partial charge in [-0.3, -0.25) is 4.98 Å². The topological polar surface area (TPSA) is 53.5 Å². The van der Waals surface area contributed by atoms with Gasteiger partial charge in [0.2, 0.25) is 0 Å². The molecule has 1 saturated heterocycles. The van der Waals surface area contributed by atoms with Crippen molar-refractivity contribution in [3.63, 3.8) is 0 Å². The summed E-state index contributed by atoms with van der Waals surface area (Å²) in [6, 6.07) is 29.5. The molecule has 0 spiro atoms. The molecular weight excluding hydrogens is 550 g/mol. The number of hydrogen-bond acceptors (Lipinski definition) is 8. The highest BCUT2D eigenvalue weighted by atomic mass is 16.5. The maximum absolute atomic E-state index is 5.97. The van der Waals surface area contributed by atoms with Crippen molar-refractivity contribution in [2.45, 2.75) is 19.7 Å². The second-order valence-corrected chi connectivity index (χ2v) is 11.5. The number of piperazine rings is 1. The highest BCUT2D eigenvalue weighted by Crippen LogP contribution is 2.25. The zero-order valence-corrected chi connectivity index (χ0v) is 26.5. The number of rotatable bonds is 14. The van der Waals surface area contributed by atoms with E-state index in [-0.39, 0.29) is 0 Å². The van der Waals surface area contributed by atoms with Crippen LogP contribution in [0.25, 0.3) is 0 Å². The van der Waals surface area contributed by atoms with E-state index in [1.54, 1.807) is 7.11 Å². The summed E-state index contributed by atoms with van der Waals surface area (Å²) in [7, 11) is 7.94. The average Bonchev–Trinajstić information content (AvgIpc) is 3.05. The van der Waals surface area contributed by atoms with Gasteiger partial charge in [0.25, 0.3) is 0 Å². The first-order valence-electron chi connectivity index (χ1n) is 15.3. The van der Waals surface area contributed by atoms with Crippen molar-refractivity contribution in [2.24, 2.45) is 0 Å². The van der Waals surface area contributed by atoms with Crippen LogP contribution in [0, 0.1) is 0 Å². The van der Waals surface area contributed by atoms with Gasteiger partial charge in [-0.15, -0.1) is 0 Å². The van der Waals surface area contributed by atoms with Crippen LogP contribution < -0.4 is 24.2 Å². The number of benzene rings is 3. The maximum Gasteiger partial charge on any atom is 0.121 e. The first-order chi connectivity index (χ1) is 21.5. The fraction of sp³-hybridized carbons (Fsp3) is 0.361. The third kappa shape index (κ3) is 8.88. The van der Waals surface area contributed by atoms with Crippen molar-refractivity contribution in [1.82, 2.24) is 9.88 Å².